The van der Waals surface area contributed by atoms with Crippen LogP contribution >= 0.6 is 24.0 Å². The molecule has 1 aromatic rings. The van der Waals surface area contributed by atoms with Crippen LogP contribution in [0.1, 0.15) is 61.3 Å². The number of piperidine rings is 1. The number of guanidine groups is 1. The first kappa shape index (κ1) is 29.5. The van der Waals surface area contributed by atoms with Gasteiger partial charge in [0.15, 0.2) is 5.96 Å². The monoisotopic (exact) mass is 573 g/mol. The zero-order chi connectivity index (χ0) is 23.7. The van der Waals surface area contributed by atoms with Crippen molar-refractivity contribution in [3.05, 3.63) is 24.3 Å². The number of hydrogen-bond acceptors (Lipinski definition) is 4. The highest BCUT2D eigenvalue weighted by atomic mass is 127. The Labute approximate surface area is 217 Å². The van der Waals surface area contributed by atoms with Crippen molar-refractivity contribution in [2.24, 2.45) is 10.9 Å². The van der Waals surface area contributed by atoms with Gasteiger partial charge < -0.3 is 25.6 Å². The van der Waals surface area contributed by atoms with Crippen molar-refractivity contribution in [3.8, 4) is 5.75 Å². The van der Waals surface area contributed by atoms with E-state index in [4.69, 9.17) is 4.74 Å². The number of carbonyl (C=O) groups excluding carboxylic acids is 1. The largest absolute Gasteiger partial charge is 0.491 e. The Kier molecular flexibility index (Phi) is 12.5. The minimum Gasteiger partial charge on any atom is -0.491 e. The molecular weight excluding hydrogens is 529 g/mol. The van der Waals surface area contributed by atoms with Gasteiger partial charge in [-0.3, -0.25) is 4.79 Å². The van der Waals surface area contributed by atoms with Gasteiger partial charge in [0, 0.05) is 30.4 Å². The van der Waals surface area contributed by atoms with Gasteiger partial charge in [-0.15, -0.1) is 24.0 Å². The summed E-state index contributed by atoms with van der Waals surface area (Å²) in [5, 5.41) is 9.77. The van der Waals surface area contributed by atoms with Crippen molar-refractivity contribution in [1.29, 1.82) is 0 Å². The number of ether oxygens (including phenoxy) is 1. The highest BCUT2D eigenvalue weighted by Crippen LogP contribution is 2.19. The number of amides is 1. The fraction of sp³-hybridized carbons (Fsp3) is 0.680. The van der Waals surface area contributed by atoms with Gasteiger partial charge >= 0.3 is 0 Å². The van der Waals surface area contributed by atoms with Crippen LogP contribution in [0.3, 0.4) is 0 Å². The number of carbonyl (C=O) groups is 1. The van der Waals surface area contributed by atoms with Gasteiger partial charge in [0.1, 0.15) is 12.3 Å². The molecule has 1 saturated heterocycles. The molecule has 7 nitrogen and oxygen atoms in total. The van der Waals surface area contributed by atoms with E-state index in [-0.39, 0.29) is 48.1 Å². The van der Waals surface area contributed by atoms with Gasteiger partial charge in [-0.1, -0.05) is 0 Å². The summed E-state index contributed by atoms with van der Waals surface area (Å²) in [4.78, 5) is 19.4. The van der Waals surface area contributed by atoms with Crippen LogP contribution in [-0.4, -0.2) is 60.6 Å². The van der Waals surface area contributed by atoms with E-state index >= 15 is 0 Å². The van der Waals surface area contributed by atoms with E-state index in [9.17, 15) is 4.79 Å². The van der Waals surface area contributed by atoms with Crippen molar-refractivity contribution in [3.63, 3.8) is 0 Å². The minimum absolute atomic E-state index is 0. The summed E-state index contributed by atoms with van der Waals surface area (Å²) in [6, 6.07) is 8.37. The Morgan fingerprint density at radius 3 is 2.42 bits per heavy atom. The minimum atomic E-state index is -0.276. The first-order chi connectivity index (χ1) is 15.0. The molecule has 0 radical (unpaired) electrons. The van der Waals surface area contributed by atoms with Gasteiger partial charge in [-0.2, -0.15) is 0 Å². The number of rotatable bonds is 8. The summed E-state index contributed by atoms with van der Waals surface area (Å²) in [7, 11) is 0. The van der Waals surface area contributed by atoms with Gasteiger partial charge in [0.25, 0.3) is 0 Å². The predicted octanol–water partition coefficient (Wildman–Crippen LogP) is 4.48. The predicted molar refractivity (Wildman–Crippen MR) is 149 cm³/mol. The van der Waals surface area contributed by atoms with Gasteiger partial charge in [-0.05, 0) is 98.0 Å². The summed E-state index contributed by atoms with van der Waals surface area (Å²) in [6.45, 7) is 17.6. The third-order valence-corrected chi connectivity index (χ3v) is 5.22. The van der Waals surface area contributed by atoms with E-state index in [0.717, 1.165) is 24.5 Å². The molecule has 0 spiro atoms. The molecular formula is C25H44IN5O2. The van der Waals surface area contributed by atoms with E-state index in [2.05, 4.69) is 39.7 Å². The molecule has 8 heteroatoms. The molecule has 33 heavy (non-hydrogen) atoms. The van der Waals surface area contributed by atoms with E-state index in [0.29, 0.717) is 17.9 Å². The molecule has 0 aromatic heterocycles. The quantitative estimate of drug-likeness (QED) is 0.243. The number of benzene rings is 1. The van der Waals surface area contributed by atoms with Crippen molar-refractivity contribution in [2.45, 2.75) is 79.0 Å². The van der Waals surface area contributed by atoms with Crippen LogP contribution in [0.5, 0.6) is 5.75 Å². The lowest BCUT2D eigenvalue weighted by Crippen LogP contribution is -2.45. The van der Waals surface area contributed by atoms with E-state index in [1.54, 1.807) is 0 Å². The first-order valence-corrected chi connectivity index (χ1v) is 11.9. The lowest BCUT2D eigenvalue weighted by atomic mass is 9.97. The molecule has 1 atom stereocenters. The SMILES string of the molecule is CC(C)Oc1ccc(NC(=NCC(=O)NC(C)(C)C)NCC2CCCN(C(C)C)C2)cc1.I. The average molecular weight is 574 g/mol. The summed E-state index contributed by atoms with van der Waals surface area (Å²) >= 11 is 0. The van der Waals surface area contributed by atoms with Gasteiger partial charge in [0.05, 0.1) is 6.10 Å². The van der Waals surface area contributed by atoms with Crippen LogP contribution in [-0.2, 0) is 4.79 Å². The van der Waals surface area contributed by atoms with Crippen LogP contribution < -0.4 is 20.7 Å². The molecule has 1 heterocycles. The fourth-order valence-electron chi connectivity index (χ4n) is 3.75. The lowest BCUT2D eigenvalue weighted by molar-refractivity contribution is -0.121. The molecule has 0 saturated carbocycles. The second kappa shape index (κ2) is 14.0. The van der Waals surface area contributed by atoms with Crippen LogP contribution in [0.25, 0.3) is 0 Å². The fourth-order valence-corrected chi connectivity index (χ4v) is 3.75. The molecule has 1 amide bonds. The maximum absolute atomic E-state index is 12.3. The second-order valence-electron chi connectivity index (χ2n) is 10.3. The summed E-state index contributed by atoms with van der Waals surface area (Å²) in [5.41, 5.74) is 0.624. The van der Waals surface area contributed by atoms with Crippen LogP contribution in [0, 0.1) is 5.92 Å². The van der Waals surface area contributed by atoms with Crippen molar-refractivity contribution in [1.82, 2.24) is 15.5 Å². The zero-order valence-electron chi connectivity index (χ0n) is 21.4. The highest BCUT2D eigenvalue weighted by Gasteiger charge is 2.22. The Balaban J connectivity index is 0.00000544. The summed E-state index contributed by atoms with van der Waals surface area (Å²) < 4.78 is 5.72. The molecule has 0 aliphatic carbocycles. The molecule has 1 aliphatic rings. The van der Waals surface area contributed by atoms with Crippen LogP contribution in [0.4, 0.5) is 5.69 Å². The van der Waals surface area contributed by atoms with Crippen LogP contribution in [0.15, 0.2) is 29.3 Å². The zero-order valence-corrected chi connectivity index (χ0v) is 23.7. The smallest absolute Gasteiger partial charge is 0.242 e. The van der Waals surface area contributed by atoms with Crippen molar-refractivity contribution < 1.29 is 9.53 Å². The normalized spacial score (nSPS) is 17.5. The third kappa shape index (κ3) is 11.9. The topological polar surface area (TPSA) is 78.0 Å². The number of aliphatic imine (C=N–C) groups is 1. The molecule has 1 aliphatic heterocycles. The maximum Gasteiger partial charge on any atom is 0.242 e. The Bertz CT molecular complexity index is 744. The summed E-state index contributed by atoms with van der Waals surface area (Å²) in [6.07, 6.45) is 2.56. The van der Waals surface area contributed by atoms with E-state index in [1.165, 1.54) is 19.4 Å². The molecule has 2 rings (SSSR count). The number of nitrogens with one attached hydrogen (secondary N) is 3. The molecule has 188 valence electrons. The van der Waals surface area contributed by atoms with E-state index in [1.807, 2.05) is 58.9 Å². The molecule has 1 fully saturated rings. The highest BCUT2D eigenvalue weighted by molar-refractivity contribution is 14.0. The Morgan fingerprint density at radius 2 is 1.85 bits per heavy atom. The van der Waals surface area contributed by atoms with Gasteiger partial charge in [-0.25, -0.2) is 4.99 Å². The van der Waals surface area contributed by atoms with Gasteiger partial charge in [0.2, 0.25) is 5.91 Å². The Morgan fingerprint density at radius 1 is 1.18 bits per heavy atom. The first-order valence-electron chi connectivity index (χ1n) is 11.9. The number of halogens is 1. The second-order valence-corrected chi connectivity index (χ2v) is 10.3. The number of anilines is 1. The standard InChI is InChI=1S/C25H43N5O2.HI/c1-18(2)30-14-8-9-20(17-30)15-26-24(27-16-23(31)29-25(5,6)7)28-21-10-12-22(13-11-21)32-19(3)4;/h10-13,18-20H,8-9,14-17H2,1-7H3,(H,29,31)(H2,26,27,28);1H. The van der Waals surface area contributed by atoms with Crippen LogP contribution in [0.2, 0.25) is 0 Å². The average Bonchev–Trinajstić information content (AvgIpc) is 2.70. The number of hydrogen-bond donors (Lipinski definition) is 3. The third-order valence-electron chi connectivity index (χ3n) is 5.22. The number of likely N-dealkylation sites (tertiary alicyclic amines) is 1. The van der Waals surface area contributed by atoms with Crippen molar-refractivity contribution >= 4 is 41.5 Å². The molecule has 1 aromatic carbocycles. The molecule has 3 N–H and O–H groups in total. The maximum atomic E-state index is 12.3. The van der Waals surface area contributed by atoms with Crippen molar-refractivity contribution in [2.75, 3.05) is 31.5 Å². The number of nitrogens with zero attached hydrogens (tertiary/aromatic N) is 2. The Hall–Kier alpha value is -1.55. The summed E-state index contributed by atoms with van der Waals surface area (Å²) in [5.74, 6) is 1.91. The van der Waals surface area contributed by atoms with E-state index < -0.39 is 0 Å². The lowest BCUT2D eigenvalue weighted by Gasteiger charge is -2.35. The molecule has 1 unspecified atom stereocenters. The molecule has 0 bridgehead atoms.